The number of hydrogen-bond acceptors (Lipinski definition) is 4. The normalized spacial score (nSPS) is 14.8. The van der Waals surface area contributed by atoms with Crippen LogP contribution in [0.4, 0.5) is 0 Å². The molecular formula is C20H19NO3. The number of Topliss-reactive ketones (excluding diaryl/α,β-unsaturated/α-hetero) is 1. The van der Waals surface area contributed by atoms with Gasteiger partial charge >= 0.3 is 5.97 Å². The van der Waals surface area contributed by atoms with Gasteiger partial charge in [-0.15, -0.1) is 0 Å². The average Bonchev–Trinajstić information content (AvgIpc) is 2.80. The topological polar surface area (TPSA) is 55.7 Å². The molecule has 0 saturated heterocycles. The van der Waals surface area contributed by atoms with Gasteiger partial charge in [0, 0.05) is 17.9 Å². The zero-order valence-corrected chi connectivity index (χ0v) is 14.2. The lowest BCUT2D eigenvalue weighted by molar-refractivity contribution is -0.140. The molecule has 0 atom stereocenters. The summed E-state index contributed by atoms with van der Waals surface area (Å²) in [4.78, 5) is 27.9. The predicted molar refractivity (Wildman–Crippen MR) is 93.2 cm³/mol. The molecule has 1 aliphatic rings. The van der Waals surface area contributed by atoms with Gasteiger partial charge in [0.05, 0.1) is 0 Å². The molecule has 0 unspecified atom stereocenters. The van der Waals surface area contributed by atoms with Crippen LogP contribution in [0, 0.1) is 0 Å². The minimum absolute atomic E-state index is 0.151. The van der Waals surface area contributed by atoms with Crippen molar-refractivity contribution in [2.75, 3.05) is 0 Å². The Labute approximate surface area is 141 Å². The Morgan fingerprint density at radius 1 is 0.958 bits per heavy atom. The summed E-state index contributed by atoms with van der Waals surface area (Å²) in [6.07, 6.45) is 0. The SMILES string of the molecule is CC(=O)O/N=C(\C)C(=O)c1ccc2c(c1)C(C)(C)c1ccccc1-2. The molecule has 2 aromatic carbocycles. The van der Waals surface area contributed by atoms with Gasteiger partial charge in [-0.2, -0.15) is 0 Å². The fourth-order valence-electron chi connectivity index (χ4n) is 3.23. The molecule has 3 rings (SSSR count). The van der Waals surface area contributed by atoms with Crippen LogP contribution in [0.2, 0.25) is 0 Å². The summed E-state index contributed by atoms with van der Waals surface area (Å²) in [7, 11) is 0. The van der Waals surface area contributed by atoms with Crippen molar-refractivity contribution >= 4 is 17.5 Å². The van der Waals surface area contributed by atoms with Crippen LogP contribution < -0.4 is 0 Å². The third-order valence-electron chi connectivity index (χ3n) is 4.49. The van der Waals surface area contributed by atoms with E-state index in [-0.39, 0.29) is 16.9 Å². The number of benzene rings is 2. The van der Waals surface area contributed by atoms with Gasteiger partial charge in [-0.05, 0) is 35.2 Å². The van der Waals surface area contributed by atoms with Crippen LogP contribution in [0.5, 0.6) is 0 Å². The highest BCUT2D eigenvalue weighted by Crippen LogP contribution is 2.48. The van der Waals surface area contributed by atoms with Crippen LogP contribution in [0.3, 0.4) is 0 Å². The number of carbonyl (C=O) groups is 2. The standard InChI is InChI=1S/C20H19NO3/c1-12(21-24-13(2)22)19(23)14-9-10-16-15-7-5-6-8-17(15)20(3,4)18(16)11-14/h5-11H,1-4H3/b21-12+. The summed E-state index contributed by atoms with van der Waals surface area (Å²) in [6.45, 7) is 7.10. The monoisotopic (exact) mass is 321 g/mol. The summed E-state index contributed by atoms with van der Waals surface area (Å²) in [5.74, 6) is -0.793. The van der Waals surface area contributed by atoms with E-state index in [4.69, 9.17) is 0 Å². The van der Waals surface area contributed by atoms with E-state index in [0.29, 0.717) is 5.56 Å². The Hall–Kier alpha value is -2.75. The minimum Gasteiger partial charge on any atom is -0.318 e. The van der Waals surface area contributed by atoms with Crippen molar-refractivity contribution in [3.8, 4) is 11.1 Å². The molecule has 0 bridgehead atoms. The number of fused-ring (bicyclic) bond motifs is 3. The number of oxime groups is 1. The lowest BCUT2D eigenvalue weighted by Crippen LogP contribution is -2.17. The number of carbonyl (C=O) groups excluding carboxylic acids is 2. The van der Waals surface area contributed by atoms with Gasteiger partial charge in [0.25, 0.3) is 0 Å². The summed E-state index contributed by atoms with van der Waals surface area (Å²) in [5, 5.41) is 3.59. The van der Waals surface area contributed by atoms with E-state index in [0.717, 1.165) is 11.1 Å². The molecule has 4 heteroatoms. The van der Waals surface area contributed by atoms with Crippen LogP contribution in [0.1, 0.15) is 49.2 Å². The van der Waals surface area contributed by atoms with Gasteiger partial charge < -0.3 is 4.84 Å². The maximum Gasteiger partial charge on any atom is 0.331 e. The van der Waals surface area contributed by atoms with Crippen molar-refractivity contribution in [3.05, 3.63) is 59.2 Å². The molecular weight excluding hydrogens is 302 g/mol. The van der Waals surface area contributed by atoms with E-state index < -0.39 is 5.97 Å². The third kappa shape index (κ3) is 2.54. The van der Waals surface area contributed by atoms with Crippen LogP contribution >= 0.6 is 0 Å². The largest absolute Gasteiger partial charge is 0.331 e. The van der Waals surface area contributed by atoms with Crippen molar-refractivity contribution in [3.63, 3.8) is 0 Å². The molecule has 0 amide bonds. The molecule has 0 fully saturated rings. The maximum atomic E-state index is 12.5. The van der Waals surface area contributed by atoms with Gasteiger partial charge in [-0.3, -0.25) is 4.79 Å². The van der Waals surface area contributed by atoms with Crippen LogP contribution in [0.25, 0.3) is 11.1 Å². The van der Waals surface area contributed by atoms with Crippen molar-refractivity contribution in [1.29, 1.82) is 0 Å². The van der Waals surface area contributed by atoms with Crippen LogP contribution in [-0.2, 0) is 15.0 Å². The predicted octanol–water partition coefficient (Wildman–Crippen LogP) is 4.11. The molecule has 24 heavy (non-hydrogen) atoms. The molecule has 0 aromatic heterocycles. The summed E-state index contributed by atoms with van der Waals surface area (Å²) in [5.41, 5.74) is 5.28. The van der Waals surface area contributed by atoms with E-state index in [1.165, 1.54) is 18.1 Å². The van der Waals surface area contributed by atoms with Gasteiger partial charge in [0.2, 0.25) is 5.78 Å². The Morgan fingerprint density at radius 3 is 2.33 bits per heavy atom. The van der Waals surface area contributed by atoms with Gasteiger partial charge in [-0.1, -0.05) is 55.4 Å². The number of rotatable bonds is 3. The van der Waals surface area contributed by atoms with E-state index >= 15 is 0 Å². The molecule has 0 N–H and O–H groups in total. The summed E-state index contributed by atoms with van der Waals surface area (Å²) in [6, 6.07) is 14.0. The fourth-order valence-corrected chi connectivity index (χ4v) is 3.23. The molecule has 4 nitrogen and oxygen atoms in total. The quantitative estimate of drug-likeness (QED) is 0.370. The molecule has 0 spiro atoms. The van der Waals surface area contributed by atoms with Crippen LogP contribution in [0.15, 0.2) is 47.6 Å². The second-order valence-electron chi connectivity index (χ2n) is 6.52. The molecule has 0 radical (unpaired) electrons. The number of nitrogens with zero attached hydrogens (tertiary/aromatic N) is 1. The molecule has 122 valence electrons. The van der Waals surface area contributed by atoms with E-state index in [9.17, 15) is 9.59 Å². The Kier molecular flexibility index (Phi) is 3.84. The van der Waals surface area contributed by atoms with E-state index in [2.05, 4.69) is 36.0 Å². The Morgan fingerprint density at radius 2 is 1.62 bits per heavy atom. The third-order valence-corrected chi connectivity index (χ3v) is 4.49. The van der Waals surface area contributed by atoms with E-state index in [1.807, 2.05) is 24.3 Å². The second-order valence-corrected chi connectivity index (χ2v) is 6.52. The first-order valence-corrected chi connectivity index (χ1v) is 7.83. The molecule has 1 aliphatic carbocycles. The number of hydrogen-bond donors (Lipinski definition) is 0. The highest BCUT2D eigenvalue weighted by Gasteiger charge is 2.35. The first-order valence-electron chi connectivity index (χ1n) is 7.83. The van der Waals surface area contributed by atoms with Gasteiger partial charge in [0.15, 0.2) is 0 Å². The Bertz CT molecular complexity index is 878. The van der Waals surface area contributed by atoms with Crippen molar-refractivity contribution in [2.45, 2.75) is 33.1 Å². The fraction of sp³-hybridized carbons (Fsp3) is 0.250. The van der Waals surface area contributed by atoms with E-state index in [1.54, 1.807) is 13.0 Å². The summed E-state index contributed by atoms with van der Waals surface area (Å²) >= 11 is 0. The van der Waals surface area contributed by atoms with Gasteiger partial charge in [0.1, 0.15) is 5.71 Å². The smallest absolute Gasteiger partial charge is 0.318 e. The molecule has 0 aliphatic heterocycles. The first-order chi connectivity index (χ1) is 11.3. The molecule has 2 aromatic rings. The average molecular weight is 321 g/mol. The number of ketones is 1. The van der Waals surface area contributed by atoms with Crippen LogP contribution in [-0.4, -0.2) is 17.5 Å². The zero-order valence-electron chi connectivity index (χ0n) is 14.2. The van der Waals surface area contributed by atoms with Crippen molar-refractivity contribution in [1.82, 2.24) is 0 Å². The zero-order chi connectivity index (χ0) is 17.5. The summed E-state index contributed by atoms with van der Waals surface area (Å²) < 4.78 is 0. The lowest BCUT2D eigenvalue weighted by atomic mass is 9.81. The van der Waals surface area contributed by atoms with Crippen molar-refractivity contribution in [2.24, 2.45) is 5.16 Å². The van der Waals surface area contributed by atoms with Gasteiger partial charge in [-0.25, -0.2) is 4.79 Å². The van der Waals surface area contributed by atoms with Crippen molar-refractivity contribution < 1.29 is 14.4 Å². The first kappa shape index (κ1) is 16.1. The maximum absolute atomic E-state index is 12.5. The lowest BCUT2D eigenvalue weighted by Gasteiger charge is -2.21. The minimum atomic E-state index is -0.548. The molecule has 0 saturated carbocycles. The highest BCUT2D eigenvalue weighted by molar-refractivity contribution is 6.45. The highest BCUT2D eigenvalue weighted by atomic mass is 16.7. The second kappa shape index (κ2) is 5.71. The molecule has 0 heterocycles. The Balaban J connectivity index is 2.02.